The number of rotatable bonds is 4. The summed E-state index contributed by atoms with van der Waals surface area (Å²) in [7, 11) is 0. The highest BCUT2D eigenvalue weighted by Gasteiger charge is 2.19. The first-order valence-corrected chi connectivity index (χ1v) is 8.60. The normalized spacial score (nSPS) is 12.5. The van der Waals surface area contributed by atoms with Gasteiger partial charge in [-0.25, -0.2) is 4.39 Å². The summed E-state index contributed by atoms with van der Waals surface area (Å²) in [5.41, 5.74) is 1.35. The Morgan fingerprint density at radius 2 is 1.86 bits per heavy atom. The summed E-state index contributed by atoms with van der Waals surface area (Å²) in [4.78, 5) is 0. The average molecular weight is 456 g/mol. The van der Waals surface area contributed by atoms with Gasteiger partial charge in [-0.2, -0.15) is 0 Å². The van der Waals surface area contributed by atoms with Crippen LogP contribution in [-0.4, -0.2) is 6.54 Å². The molecular formula is C15H12Br2Cl2FN. The first kappa shape index (κ1) is 17.2. The molecule has 0 aromatic heterocycles. The fraction of sp³-hybridized carbons (Fsp3) is 0.200. The van der Waals surface area contributed by atoms with Gasteiger partial charge in [-0.15, -0.1) is 0 Å². The summed E-state index contributed by atoms with van der Waals surface area (Å²) in [6, 6.07) is 8.20. The van der Waals surface area contributed by atoms with Gasteiger partial charge in [0.1, 0.15) is 5.82 Å². The second-order valence-corrected chi connectivity index (χ2v) is 7.09. The van der Waals surface area contributed by atoms with Crippen LogP contribution in [0, 0.1) is 5.82 Å². The van der Waals surface area contributed by atoms with E-state index in [0.29, 0.717) is 26.6 Å². The van der Waals surface area contributed by atoms with E-state index in [0.717, 1.165) is 10.0 Å². The Morgan fingerprint density at radius 1 is 1.14 bits per heavy atom. The van der Waals surface area contributed by atoms with E-state index in [1.807, 2.05) is 19.1 Å². The standard InChI is InChI=1S/C15H12Br2Cl2FN/c1-2-21-15(8-3-9(16)5-10(18)4-8)11-6-13(19)12(17)7-14(11)20/h3-7,15,21H,2H2,1H3. The molecule has 1 N–H and O–H groups in total. The second kappa shape index (κ2) is 7.42. The lowest BCUT2D eigenvalue weighted by molar-refractivity contribution is 0.558. The minimum Gasteiger partial charge on any atom is -0.306 e. The largest absolute Gasteiger partial charge is 0.306 e. The van der Waals surface area contributed by atoms with Crippen molar-refractivity contribution in [3.63, 3.8) is 0 Å². The Balaban J connectivity index is 2.55. The van der Waals surface area contributed by atoms with Crippen molar-refractivity contribution in [2.75, 3.05) is 6.54 Å². The summed E-state index contributed by atoms with van der Waals surface area (Å²) in [5, 5.41) is 4.32. The molecule has 0 heterocycles. The van der Waals surface area contributed by atoms with E-state index in [-0.39, 0.29) is 11.9 Å². The van der Waals surface area contributed by atoms with Gasteiger partial charge in [0.05, 0.1) is 11.1 Å². The van der Waals surface area contributed by atoms with Crippen LogP contribution in [0.25, 0.3) is 0 Å². The maximum Gasteiger partial charge on any atom is 0.129 e. The van der Waals surface area contributed by atoms with Crippen LogP contribution in [0.3, 0.4) is 0 Å². The van der Waals surface area contributed by atoms with Crippen LogP contribution in [0.2, 0.25) is 10.0 Å². The average Bonchev–Trinajstić information content (AvgIpc) is 2.39. The Labute approximate surface area is 150 Å². The van der Waals surface area contributed by atoms with Crippen molar-refractivity contribution in [3.8, 4) is 0 Å². The fourth-order valence-electron chi connectivity index (χ4n) is 2.11. The molecule has 0 aliphatic carbocycles. The summed E-state index contributed by atoms with van der Waals surface area (Å²) >= 11 is 18.8. The van der Waals surface area contributed by atoms with E-state index in [2.05, 4.69) is 37.2 Å². The zero-order valence-electron chi connectivity index (χ0n) is 11.1. The molecule has 2 aromatic carbocycles. The topological polar surface area (TPSA) is 12.0 Å². The van der Waals surface area contributed by atoms with Gasteiger partial charge in [0.2, 0.25) is 0 Å². The van der Waals surface area contributed by atoms with Crippen LogP contribution in [0.15, 0.2) is 39.3 Å². The molecule has 6 heteroatoms. The molecule has 0 aliphatic rings. The van der Waals surface area contributed by atoms with E-state index in [1.165, 1.54) is 6.07 Å². The molecule has 0 bridgehead atoms. The smallest absolute Gasteiger partial charge is 0.129 e. The Morgan fingerprint density at radius 3 is 2.48 bits per heavy atom. The van der Waals surface area contributed by atoms with Crippen molar-refractivity contribution >= 4 is 55.1 Å². The zero-order valence-corrected chi connectivity index (χ0v) is 15.7. The molecule has 0 saturated carbocycles. The molecule has 0 radical (unpaired) electrons. The number of nitrogens with one attached hydrogen (secondary N) is 1. The van der Waals surface area contributed by atoms with Gasteiger partial charge in [-0.3, -0.25) is 0 Å². The van der Waals surface area contributed by atoms with Gasteiger partial charge in [-0.05, 0) is 58.4 Å². The lowest BCUT2D eigenvalue weighted by Crippen LogP contribution is -2.23. The van der Waals surface area contributed by atoms with E-state index in [1.54, 1.807) is 12.1 Å². The van der Waals surface area contributed by atoms with E-state index in [4.69, 9.17) is 23.2 Å². The van der Waals surface area contributed by atoms with Crippen molar-refractivity contribution in [2.24, 2.45) is 0 Å². The lowest BCUT2D eigenvalue weighted by atomic mass is 9.98. The van der Waals surface area contributed by atoms with E-state index >= 15 is 0 Å². The first-order valence-electron chi connectivity index (χ1n) is 6.26. The van der Waals surface area contributed by atoms with Crippen molar-refractivity contribution < 1.29 is 4.39 Å². The molecule has 0 amide bonds. The summed E-state index contributed by atoms with van der Waals surface area (Å²) in [6.07, 6.45) is 0. The highest BCUT2D eigenvalue weighted by molar-refractivity contribution is 9.10. The second-order valence-electron chi connectivity index (χ2n) is 4.48. The molecule has 112 valence electrons. The molecule has 2 aromatic rings. The highest BCUT2D eigenvalue weighted by Crippen LogP contribution is 2.33. The van der Waals surface area contributed by atoms with Gasteiger partial charge < -0.3 is 5.32 Å². The molecule has 21 heavy (non-hydrogen) atoms. The molecule has 2 rings (SSSR count). The minimum absolute atomic E-state index is 0.324. The number of benzene rings is 2. The predicted molar refractivity (Wildman–Crippen MR) is 93.8 cm³/mol. The van der Waals surface area contributed by atoms with Gasteiger partial charge in [0, 0.05) is 19.5 Å². The number of halogens is 5. The Hall–Kier alpha value is -0.130. The molecule has 0 saturated heterocycles. The third-order valence-corrected chi connectivity index (χ3v) is 4.85. The molecular weight excluding hydrogens is 444 g/mol. The number of hydrogen-bond donors (Lipinski definition) is 1. The van der Waals surface area contributed by atoms with Crippen molar-refractivity contribution in [1.29, 1.82) is 0 Å². The molecule has 0 spiro atoms. The molecule has 1 unspecified atom stereocenters. The van der Waals surface area contributed by atoms with E-state index < -0.39 is 0 Å². The lowest BCUT2D eigenvalue weighted by Gasteiger charge is -2.21. The Bertz CT molecular complexity index is 644. The van der Waals surface area contributed by atoms with Crippen LogP contribution in [0.1, 0.15) is 24.1 Å². The molecule has 0 aliphatic heterocycles. The number of hydrogen-bond acceptors (Lipinski definition) is 1. The fourth-order valence-corrected chi connectivity index (χ4v) is 3.49. The molecule has 1 atom stereocenters. The first-order chi connectivity index (χ1) is 9.92. The van der Waals surface area contributed by atoms with Crippen molar-refractivity contribution in [2.45, 2.75) is 13.0 Å². The van der Waals surface area contributed by atoms with Crippen LogP contribution >= 0.6 is 55.1 Å². The van der Waals surface area contributed by atoms with Gasteiger partial charge in [-0.1, -0.05) is 46.1 Å². The summed E-state index contributed by atoms with van der Waals surface area (Å²) < 4.78 is 15.7. The molecule has 1 nitrogen and oxygen atoms in total. The quantitative estimate of drug-likeness (QED) is 0.529. The van der Waals surface area contributed by atoms with Crippen LogP contribution in [0.5, 0.6) is 0 Å². The van der Waals surface area contributed by atoms with Crippen LogP contribution < -0.4 is 5.32 Å². The van der Waals surface area contributed by atoms with Crippen LogP contribution in [0.4, 0.5) is 4.39 Å². The third kappa shape index (κ3) is 4.20. The maximum atomic E-state index is 14.3. The van der Waals surface area contributed by atoms with Crippen LogP contribution in [-0.2, 0) is 0 Å². The SMILES string of the molecule is CCNC(c1cc(Cl)cc(Br)c1)c1cc(Cl)c(Br)cc1F. The third-order valence-electron chi connectivity index (χ3n) is 2.98. The monoisotopic (exact) mass is 453 g/mol. The van der Waals surface area contributed by atoms with Gasteiger partial charge in [0.15, 0.2) is 0 Å². The zero-order chi connectivity index (χ0) is 15.6. The predicted octanol–water partition coefficient (Wildman–Crippen LogP) is 6.36. The highest BCUT2D eigenvalue weighted by atomic mass is 79.9. The summed E-state index contributed by atoms with van der Waals surface area (Å²) in [5.74, 6) is -0.326. The van der Waals surface area contributed by atoms with Crippen molar-refractivity contribution in [3.05, 3.63) is 66.3 Å². The summed E-state index contributed by atoms with van der Waals surface area (Å²) in [6.45, 7) is 2.65. The maximum absolute atomic E-state index is 14.3. The van der Waals surface area contributed by atoms with Gasteiger partial charge >= 0.3 is 0 Å². The van der Waals surface area contributed by atoms with Gasteiger partial charge in [0.25, 0.3) is 0 Å². The van der Waals surface area contributed by atoms with E-state index in [9.17, 15) is 4.39 Å². The molecule has 0 fully saturated rings. The Kier molecular flexibility index (Phi) is 6.09. The van der Waals surface area contributed by atoms with Crippen molar-refractivity contribution in [1.82, 2.24) is 5.32 Å². The minimum atomic E-state index is -0.326.